The number of hydrogen-bond donors (Lipinski definition) is 1. The van der Waals surface area contributed by atoms with E-state index in [1.54, 1.807) is 29.2 Å². The highest BCUT2D eigenvalue weighted by molar-refractivity contribution is 6.36. The summed E-state index contributed by atoms with van der Waals surface area (Å²) in [6.07, 6.45) is 4.26. The van der Waals surface area contributed by atoms with Crippen LogP contribution < -0.4 is 10.2 Å². The van der Waals surface area contributed by atoms with E-state index in [1.807, 2.05) is 60.7 Å². The van der Waals surface area contributed by atoms with Crippen molar-refractivity contribution in [3.05, 3.63) is 112 Å². The summed E-state index contributed by atoms with van der Waals surface area (Å²) in [5, 5.41) is 5.78. The van der Waals surface area contributed by atoms with Crippen molar-refractivity contribution in [2.75, 3.05) is 11.4 Å². The molecular formula is C34H31Cl2N3O3. The van der Waals surface area contributed by atoms with Crippen molar-refractivity contribution in [3.63, 3.8) is 0 Å². The van der Waals surface area contributed by atoms with Crippen molar-refractivity contribution in [1.82, 2.24) is 10.2 Å². The fraction of sp³-hybridized carbons (Fsp3) is 0.265. The first-order valence-corrected chi connectivity index (χ1v) is 15.1. The van der Waals surface area contributed by atoms with Crippen molar-refractivity contribution in [1.29, 1.82) is 0 Å². The Morgan fingerprint density at radius 2 is 1.55 bits per heavy atom. The molecule has 1 atom stereocenters. The molecule has 4 aromatic carbocycles. The molecule has 0 radical (unpaired) electrons. The molecule has 214 valence electrons. The lowest BCUT2D eigenvalue weighted by Crippen LogP contribution is -2.54. The number of anilines is 1. The minimum atomic E-state index is -0.844. The first kappa shape index (κ1) is 28.3. The molecule has 1 aliphatic carbocycles. The van der Waals surface area contributed by atoms with Crippen LogP contribution in [0.2, 0.25) is 10.0 Å². The molecule has 0 bridgehead atoms. The van der Waals surface area contributed by atoms with Crippen LogP contribution in [0, 0.1) is 0 Å². The Kier molecular flexibility index (Phi) is 8.18. The molecule has 0 aromatic heterocycles. The molecule has 42 heavy (non-hydrogen) atoms. The van der Waals surface area contributed by atoms with Gasteiger partial charge in [-0.05, 0) is 48.1 Å². The standard InChI is InChI=1S/C34H31Cl2N3O3/c35-27-16-8-17-28(36)26(27)20-38(30(19-22-9-2-1-3-10-22)33(41)37-24-13-4-5-14-24)31(40)21-39-29-18-7-12-23-11-6-15-25(32(23)29)34(39)42/h1-3,6-12,15-18,24,30H,4-5,13-14,19-21H2,(H,37,41). The largest absolute Gasteiger partial charge is 0.352 e. The van der Waals surface area contributed by atoms with E-state index < -0.39 is 6.04 Å². The van der Waals surface area contributed by atoms with E-state index in [0.29, 0.717) is 33.3 Å². The van der Waals surface area contributed by atoms with Gasteiger partial charge in [0.05, 0.1) is 5.69 Å². The van der Waals surface area contributed by atoms with Crippen LogP contribution in [0.4, 0.5) is 5.69 Å². The number of hydrogen-bond acceptors (Lipinski definition) is 3. The quantitative estimate of drug-likeness (QED) is 0.230. The Labute approximate surface area is 255 Å². The number of carbonyl (C=O) groups is 3. The van der Waals surface area contributed by atoms with Crippen molar-refractivity contribution in [2.45, 2.75) is 50.7 Å². The van der Waals surface area contributed by atoms with E-state index in [9.17, 15) is 14.4 Å². The van der Waals surface area contributed by atoms with Gasteiger partial charge in [0.1, 0.15) is 12.6 Å². The molecule has 1 N–H and O–H groups in total. The smallest absolute Gasteiger partial charge is 0.259 e. The lowest BCUT2D eigenvalue weighted by molar-refractivity contribution is -0.140. The molecule has 8 heteroatoms. The van der Waals surface area contributed by atoms with Gasteiger partial charge in [-0.1, -0.05) is 96.7 Å². The number of rotatable bonds is 9. The summed E-state index contributed by atoms with van der Waals surface area (Å²) in [7, 11) is 0. The predicted octanol–water partition coefficient (Wildman–Crippen LogP) is 6.81. The normalized spacial score (nSPS) is 15.3. The fourth-order valence-electron chi connectivity index (χ4n) is 6.14. The third-order valence-corrected chi connectivity index (χ3v) is 9.01. The van der Waals surface area contributed by atoms with Crippen LogP contribution in [0.25, 0.3) is 10.8 Å². The molecular weight excluding hydrogens is 569 g/mol. The summed E-state index contributed by atoms with van der Waals surface area (Å²) in [5.74, 6) is -0.826. The monoisotopic (exact) mass is 599 g/mol. The SMILES string of the molecule is O=C(NC1CCCC1)C(Cc1ccccc1)N(Cc1c(Cl)cccc1Cl)C(=O)CN1C(=O)c2cccc3cccc1c23. The van der Waals surface area contributed by atoms with Gasteiger partial charge in [-0.15, -0.1) is 0 Å². The Balaban J connectivity index is 1.38. The number of halogens is 2. The maximum absolute atomic E-state index is 14.4. The molecule has 2 aliphatic rings. The highest BCUT2D eigenvalue weighted by Gasteiger charge is 2.37. The highest BCUT2D eigenvalue weighted by atomic mass is 35.5. The van der Waals surface area contributed by atoms with Crippen LogP contribution in [0.15, 0.2) is 84.9 Å². The minimum Gasteiger partial charge on any atom is -0.352 e. The Morgan fingerprint density at radius 1 is 0.881 bits per heavy atom. The van der Waals surface area contributed by atoms with E-state index in [1.165, 1.54) is 4.90 Å². The maximum Gasteiger partial charge on any atom is 0.259 e. The van der Waals surface area contributed by atoms with Crippen molar-refractivity contribution < 1.29 is 14.4 Å². The van der Waals surface area contributed by atoms with Crippen LogP contribution >= 0.6 is 23.2 Å². The topological polar surface area (TPSA) is 69.7 Å². The predicted molar refractivity (Wildman–Crippen MR) is 167 cm³/mol. The Hall–Kier alpha value is -3.87. The van der Waals surface area contributed by atoms with Gasteiger partial charge in [0.25, 0.3) is 5.91 Å². The lowest BCUT2D eigenvalue weighted by atomic mass is 10.0. The summed E-state index contributed by atoms with van der Waals surface area (Å²) >= 11 is 13.2. The van der Waals surface area contributed by atoms with E-state index in [0.717, 1.165) is 42.0 Å². The molecule has 1 aliphatic heterocycles. The molecule has 4 aromatic rings. The zero-order chi connectivity index (χ0) is 29.2. The second kappa shape index (κ2) is 12.2. The van der Waals surface area contributed by atoms with E-state index >= 15 is 0 Å². The minimum absolute atomic E-state index is 0.0199. The Morgan fingerprint density at radius 3 is 2.26 bits per heavy atom. The van der Waals surface area contributed by atoms with Gasteiger partial charge < -0.3 is 10.2 Å². The summed E-state index contributed by atoms with van der Waals surface area (Å²) in [5.41, 5.74) is 2.73. The van der Waals surface area contributed by atoms with Gasteiger partial charge in [0.2, 0.25) is 11.8 Å². The number of benzene rings is 4. The van der Waals surface area contributed by atoms with Gasteiger partial charge in [-0.25, -0.2) is 0 Å². The summed E-state index contributed by atoms with van der Waals surface area (Å²) in [6, 6.07) is 25.3. The first-order valence-electron chi connectivity index (χ1n) is 14.3. The molecule has 3 amide bonds. The number of amides is 3. The van der Waals surface area contributed by atoms with Crippen LogP contribution in [0.1, 0.15) is 47.2 Å². The zero-order valence-electron chi connectivity index (χ0n) is 23.1. The fourth-order valence-corrected chi connectivity index (χ4v) is 6.65. The molecule has 6 nitrogen and oxygen atoms in total. The van der Waals surface area contributed by atoms with Gasteiger partial charge in [0.15, 0.2) is 0 Å². The second-order valence-electron chi connectivity index (χ2n) is 11.0. The van der Waals surface area contributed by atoms with Crippen LogP contribution in [0.5, 0.6) is 0 Å². The molecule has 6 rings (SSSR count). The number of nitrogens with one attached hydrogen (secondary N) is 1. The molecule has 0 spiro atoms. The summed E-state index contributed by atoms with van der Waals surface area (Å²) in [4.78, 5) is 45.0. The number of carbonyl (C=O) groups excluding carboxylic acids is 3. The zero-order valence-corrected chi connectivity index (χ0v) is 24.6. The molecule has 1 heterocycles. The van der Waals surface area contributed by atoms with Gasteiger partial charge in [-0.2, -0.15) is 0 Å². The van der Waals surface area contributed by atoms with Crippen LogP contribution in [0.3, 0.4) is 0 Å². The lowest BCUT2D eigenvalue weighted by Gasteiger charge is -2.34. The van der Waals surface area contributed by atoms with Crippen LogP contribution in [-0.2, 0) is 22.6 Å². The van der Waals surface area contributed by atoms with Crippen molar-refractivity contribution in [2.24, 2.45) is 0 Å². The molecule has 1 saturated carbocycles. The van der Waals surface area contributed by atoms with E-state index in [4.69, 9.17) is 23.2 Å². The van der Waals surface area contributed by atoms with Crippen LogP contribution in [-0.4, -0.2) is 41.2 Å². The van der Waals surface area contributed by atoms with E-state index in [-0.39, 0.29) is 36.9 Å². The van der Waals surface area contributed by atoms with Gasteiger partial charge >= 0.3 is 0 Å². The summed E-state index contributed by atoms with van der Waals surface area (Å²) < 4.78 is 0. The van der Waals surface area contributed by atoms with Gasteiger partial charge in [-0.3, -0.25) is 19.3 Å². The highest BCUT2D eigenvalue weighted by Crippen LogP contribution is 2.37. The third kappa shape index (κ3) is 5.61. The van der Waals surface area contributed by atoms with Crippen molar-refractivity contribution in [3.8, 4) is 0 Å². The maximum atomic E-state index is 14.4. The van der Waals surface area contributed by atoms with E-state index in [2.05, 4.69) is 5.32 Å². The Bertz CT molecular complexity index is 1630. The average molecular weight is 601 g/mol. The van der Waals surface area contributed by atoms with Crippen molar-refractivity contribution >= 4 is 57.4 Å². The third-order valence-electron chi connectivity index (χ3n) is 8.31. The molecule has 0 saturated heterocycles. The number of nitrogens with zero attached hydrogens (tertiary/aromatic N) is 2. The average Bonchev–Trinajstić information content (AvgIpc) is 3.60. The molecule has 1 fully saturated rings. The summed E-state index contributed by atoms with van der Waals surface area (Å²) in [6.45, 7) is -0.206. The van der Waals surface area contributed by atoms with Gasteiger partial charge in [0, 0.05) is 45.6 Å². The first-order chi connectivity index (χ1) is 20.4. The molecule has 1 unspecified atom stereocenters. The second-order valence-corrected chi connectivity index (χ2v) is 11.8.